The number of pyridine rings is 1. The summed E-state index contributed by atoms with van der Waals surface area (Å²) >= 11 is 0. The van der Waals surface area contributed by atoms with E-state index in [0.29, 0.717) is 0 Å². The van der Waals surface area contributed by atoms with Crippen LogP contribution in [0.2, 0.25) is 0 Å². The highest BCUT2D eigenvalue weighted by molar-refractivity contribution is 6.03. The third-order valence-corrected chi connectivity index (χ3v) is 4.08. The number of nitrogens with zero attached hydrogens (tertiary/aromatic N) is 2. The number of hydrogen-bond acceptors (Lipinski definition) is 2. The van der Waals surface area contributed by atoms with E-state index in [4.69, 9.17) is 0 Å². The lowest BCUT2D eigenvalue weighted by atomic mass is 9.79. The molecule has 0 unspecified atom stereocenters. The fourth-order valence-electron chi connectivity index (χ4n) is 2.87. The number of carbonyl (C=O) groups excluding carboxylic acids is 1. The van der Waals surface area contributed by atoms with Gasteiger partial charge in [-0.25, -0.2) is 4.52 Å². The molecule has 0 spiro atoms. The van der Waals surface area contributed by atoms with Crippen molar-refractivity contribution in [1.29, 1.82) is 0 Å². The van der Waals surface area contributed by atoms with E-state index in [2.05, 4.69) is 12.0 Å². The van der Waals surface area contributed by atoms with Crippen molar-refractivity contribution in [3.8, 4) is 0 Å². The van der Waals surface area contributed by atoms with Crippen LogP contribution in [0.4, 0.5) is 0 Å². The molecule has 2 heterocycles. The minimum atomic E-state index is 0.203. The number of aromatic nitrogens is 2. The smallest absolute Gasteiger partial charge is 0.169 e. The topological polar surface area (TPSA) is 34.4 Å². The summed E-state index contributed by atoms with van der Waals surface area (Å²) in [6.45, 7) is 2.27. The average molecular weight is 242 g/mol. The minimum Gasteiger partial charge on any atom is -0.294 e. The van der Waals surface area contributed by atoms with Gasteiger partial charge < -0.3 is 0 Å². The van der Waals surface area contributed by atoms with Gasteiger partial charge in [0.15, 0.2) is 5.78 Å². The predicted molar refractivity (Wildman–Crippen MR) is 70.6 cm³/mol. The van der Waals surface area contributed by atoms with Crippen LogP contribution in [0.3, 0.4) is 0 Å². The summed E-state index contributed by atoms with van der Waals surface area (Å²) in [4.78, 5) is 12.5. The first-order valence-corrected chi connectivity index (χ1v) is 6.72. The van der Waals surface area contributed by atoms with Crippen molar-refractivity contribution in [2.24, 2.45) is 11.8 Å². The molecule has 94 valence electrons. The van der Waals surface area contributed by atoms with Crippen molar-refractivity contribution < 1.29 is 4.79 Å². The SMILES string of the molecule is CC1CCC(C(=O)c2cnn3ccccc23)CC1. The minimum absolute atomic E-state index is 0.203. The first-order valence-electron chi connectivity index (χ1n) is 6.72. The average Bonchev–Trinajstić information content (AvgIpc) is 2.82. The molecule has 0 bridgehead atoms. The van der Waals surface area contributed by atoms with Gasteiger partial charge in [0.2, 0.25) is 0 Å². The maximum absolute atomic E-state index is 12.5. The Morgan fingerprint density at radius 1 is 1.28 bits per heavy atom. The van der Waals surface area contributed by atoms with Crippen molar-refractivity contribution in [3.63, 3.8) is 0 Å². The molecule has 0 saturated heterocycles. The molecular weight excluding hydrogens is 224 g/mol. The highest BCUT2D eigenvalue weighted by Crippen LogP contribution is 2.31. The molecule has 1 fully saturated rings. The third kappa shape index (κ3) is 1.94. The maximum Gasteiger partial charge on any atom is 0.169 e. The van der Waals surface area contributed by atoms with Gasteiger partial charge in [0, 0.05) is 12.1 Å². The molecule has 0 atom stereocenters. The van der Waals surface area contributed by atoms with Crippen molar-refractivity contribution in [3.05, 3.63) is 36.2 Å². The summed E-state index contributed by atoms with van der Waals surface area (Å²) in [5, 5.41) is 4.25. The van der Waals surface area contributed by atoms with Gasteiger partial charge in [-0.3, -0.25) is 4.79 Å². The summed E-state index contributed by atoms with van der Waals surface area (Å²) in [6, 6.07) is 5.85. The molecule has 1 aliphatic carbocycles. The Morgan fingerprint density at radius 2 is 2.06 bits per heavy atom. The lowest BCUT2D eigenvalue weighted by Crippen LogP contribution is -2.20. The van der Waals surface area contributed by atoms with Crippen LogP contribution in [0.15, 0.2) is 30.6 Å². The van der Waals surface area contributed by atoms with E-state index >= 15 is 0 Å². The number of rotatable bonds is 2. The first kappa shape index (κ1) is 11.5. The van der Waals surface area contributed by atoms with Crippen LogP contribution < -0.4 is 0 Å². The molecule has 1 aliphatic rings. The quantitative estimate of drug-likeness (QED) is 0.757. The molecule has 3 nitrogen and oxygen atoms in total. The van der Waals surface area contributed by atoms with Crippen molar-refractivity contribution >= 4 is 11.3 Å². The Hall–Kier alpha value is -1.64. The molecule has 18 heavy (non-hydrogen) atoms. The largest absolute Gasteiger partial charge is 0.294 e. The monoisotopic (exact) mass is 242 g/mol. The van der Waals surface area contributed by atoms with Crippen LogP contribution in [-0.2, 0) is 0 Å². The Bertz CT molecular complexity index is 565. The molecule has 2 aromatic rings. The van der Waals surface area contributed by atoms with Gasteiger partial charge in [0.05, 0.1) is 17.3 Å². The summed E-state index contributed by atoms with van der Waals surface area (Å²) in [5.74, 6) is 1.26. The Morgan fingerprint density at radius 3 is 2.83 bits per heavy atom. The summed E-state index contributed by atoms with van der Waals surface area (Å²) in [7, 11) is 0. The standard InChI is InChI=1S/C15H18N2O/c1-11-5-7-12(8-6-11)15(18)13-10-16-17-9-3-2-4-14(13)17/h2-4,9-12H,5-8H2,1H3. The van der Waals surface area contributed by atoms with Crippen LogP contribution in [0.25, 0.3) is 5.52 Å². The number of carbonyl (C=O) groups is 1. The molecule has 0 radical (unpaired) electrons. The van der Waals surface area contributed by atoms with E-state index in [1.807, 2.05) is 24.4 Å². The number of ketones is 1. The van der Waals surface area contributed by atoms with Gasteiger partial charge >= 0.3 is 0 Å². The second-order valence-electron chi connectivity index (χ2n) is 5.41. The summed E-state index contributed by atoms with van der Waals surface area (Å²) < 4.78 is 1.78. The highest BCUT2D eigenvalue weighted by atomic mass is 16.1. The van der Waals surface area contributed by atoms with Gasteiger partial charge in [-0.15, -0.1) is 0 Å². The molecule has 0 aliphatic heterocycles. The third-order valence-electron chi connectivity index (χ3n) is 4.08. The molecule has 0 amide bonds. The normalized spacial score (nSPS) is 24.3. The van der Waals surface area contributed by atoms with Gasteiger partial charge in [0.25, 0.3) is 0 Å². The zero-order valence-corrected chi connectivity index (χ0v) is 10.7. The molecule has 1 saturated carbocycles. The van der Waals surface area contributed by atoms with Crippen LogP contribution in [0, 0.1) is 11.8 Å². The van der Waals surface area contributed by atoms with E-state index in [9.17, 15) is 4.79 Å². The second-order valence-corrected chi connectivity index (χ2v) is 5.41. The molecule has 0 aromatic carbocycles. The van der Waals surface area contributed by atoms with E-state index in [1.54, 1.807) is 10.7 Å². The molecule has 3 rings (SSSR count). The highest BCUT2D eigenvalue weighted by Gasteiger charge is 2.26. The Balaban J connectivity index is 1.88. The Labute approximate surface area is 107 Å². The fourth-order valence-corrected chi connectivity index (χ4v) is 2.87. The zero-order chi connectivity index (χ0) is 12.5. The molecule has 0 N–H and O–H groups in total. The van der Waals surface area contributed by atoms with Crippen LogP contribution >= 0.6 is 0 Å². The predicted octanol–water partition coefficient (Wildman–Crippen LogP) is 3.34. The van der Waals surface area contributed by atoms with Gasteiger partial charge in [-0.1, -0.05) is 25.8 Å². The summed E-state index contributed by atoms with van der Waals surface area (Å²) in [5.41, 5.74) is 1.72. The van der Waals surface area contributed by atoms with Crippen LogP contribution in [-0.4, -0.2) is 15.4 Å². The van der Waals surface area contributed by atoms with E-state index in [1.165, 1.54) is 12.8 Å². The second kappa shape index (κ2) is 4.56. The summed E-state index contributed by atoms with van der Waals surface area (Å²) in [6.07, 6.45) is 8.02. The van der Waals surface area contributed by atoms with E-state index in [-0.39, 0.29) is 11.7 Å². The Kier molecular flexibility index (Phi) is 2.90. The number of hydrogen-bond donors (Lipinski definition) is 0. The van der Waals surface area contributed by atoms with Gasteiger partial charge in [0.1, 0.15) is 0 Å². The zero-order valence-electron chi connectivity index (χ0n) is 10.7. The van der Waals surface area contributed by atoms with Crippen molar-refractivity contribution in [2.45, 2.75) is 32.6 Å². The van der Waals surface area contributed by atoms with Crippen LogP contribution in [0.1, 0.15) is 43.0 Å². The fraction of sp³-hybridized carbons (Fsp3) is 0.467. The van der Waals surface area contributed by atoms with Gasteiger partial charge in [-0.2, -0.15) is 5.10 Å². The first-order chi connectivity index (χ1) is 8.75. The lowest BCUT2D eigenvalue weighted by molar-refractivity contribution is 0.0877. The molecule has 3 heteroatoms. The lowest BCUT2D eigenvalue weighted by Gasteiger charge is -2.24. The number of Topliss-reactive ketones (excluding diaryl/α,β-unsaturated/α-hetero) is 1. The maximum atomic E-state index is 12.5. The van der Waals surface area contributed by atoms with Crippen molar-refractivity contribution in [1.82, 2.24) is 9.61 Å². The molecular formula is C15H18N2O. The van der Waals surface area contributed by atoms with Crippen molar-refractivity contribution in [2.75, 3.05) is 0 Å². The van der Waals surface area contributed by atoms with Gasteiger partial charge in [-0.05, 0) is 30.9 Å². The van der Waals surface area contributed by atoms with Crippen LogP contribution in [0.5, 0.6) is 0 Å². The van der Waals surface area contributed by atoms with E-state index in [0.717, 1.165) is 29.8 Å². The van der Waals surface area contributed by atoms with E-state index < -0.39 is 0 Å². The molecule has 2 aromatic heterocycles. The number of fused-ring (bicyclic) bond motifs is 1.